The molecule has 5 aliphatic rings. The Morgan fingerprint density at radius 2 is 1.35 bits per heavy atom. The van der Waals surface area contributed by atoms with Crippen LogP contribution in [0.25, 0.3) is 11.1 Å². The highest BCUT2D eigenvalue weighted by Gasteiger charge is 2.48. The van der Waals surface area contributed by atoms with Crippen molar-refractivity contribution in [2.24, 2.45) is 21.5 Å². The Hall–Kier alpha value is -5.15. The predicted octanol–water partition coefficient (Wildman–Crippen LogP) is 7.32. The van der Waals surface area contributed by atoms with Gasteiger partial charge in [-0.25, -0.2) is 9.98 Å². The summed E-state index contributed by atoms with van der Waals surface area (Å²) in [7, 11) is 0. The summed E-state index contributed by atoms with van der Waals surface area (Å²) in [6.45, 7) is 1.38. The van der Waals surface area contributed by atoms with E-state index in [0.29, 0.717) is 24.5 Å². The number of amidine groups is 2. The Labute approximate surface area is 320 Å². The van der Waals surface area contributed by atoms with Crippen LogP contribution in [0.4, 0.5) is 5.69 Å². The third-order valence-corrected chi connectivity index (χ3v) is 11.1. The van der Waals surface area contributed by atoms with Gasteiger partial charge in [0.1, 0.15) is 36.2 Å². The Bertz CT molecular complexity index is 2300. The molecule has 5 aliphatic heterocycles. The fraction of sp³-hybridized carbons (Fsp3) is 0.179. The van der Waals surface area contributed by atoms with E-state index in [9.17, 15) is 4.79 Å². The zero-order chi connectivity index (χ0) is 35.6. The fourth-order valence-electron chi connectivity index (χ4n) is 7.44. The van der Waals surface area contributed by atoms with Crippen molar-refractivity contribution in [2.75, 3.05) is 24.7 Å². The molecule has 260 valence electrons. The molecule has 1 saturated heterocycles. The van der Waals surface area contributed by atoms with E-state index in [0.717, 1.165) is 71.6 Å². The van der Waals surface area contributed by atoms with E-state index >= 15 is 0 Å². The number of fused-ring (bicyclic) bond motifs is 8. The van der Waals surface area contributed by atoms with Crippen molar-refractivity contribution in [1.29, 1.82) is 0 Å². The molecule has 6 heterocycles. The lowest BCUT2D eigenvalue weighted by molar-refractivity contribution is -0.117. The van der Waals surface area contributed by atoms with Crippen LogP contribution < -0.4 is 25.8 Å². The van der Waals surface area contributed by atoms with Gasteiger partial charge >= 0.3 is 0 Å². The quantitative estimate of drug-likeness (QED) is 0.176. The maximum Gasteiger partial charge on any atom is 0.283 e. The molecule has 0 saturated carbocycles. The standard InChI is InChI=1S/C24H20N4O3.C15H10BrIN2O2/c25-23-27-24(14-30-23)18-11-15(16-3-1-9-26-13-16)5-7-20(18)31-21-8-6-17(12-19(21)24)28-10-2-4-22(28)29;16-8-1-3-12-10(5-8)15(7-20-14(18)19-15)11-6-9(17)2-4-13(11)21-12/h1,3,5-9,11-13H,2,4,10,14H2,(H2,25,27);1-6H,7H2,(H2,18,19)/t24-;15-/m01/s1. The number of aliphatic imine (C=N–C) groups is 2. The van der Waals surface area contributed by atoms with Crippen LogP contribution >= 0.6 is 38.5 Å². The maximum absolute atomic E-state index is 12.3. The monoisotopic (exact) mass is 868 g/mol. The van der Waals surface area contributed by atoms with E-state index in [1.807, 2.05) is 83.9 Å². The van der Waals surface area contributed by atoms with Crippen molar-refractivity contribution in [3.63, 3.8) is 0 Å². The number of hydrogen-bond donors (Lipinski definition) is 2. The first-order valence-corrected chi connectivity index (χ1v) is 18.5. The second-order valence-electron chi connectivity index (χ2n) is 13.0. The van der Waals surface area contributed by atoms with Gasteiger partial charge in [0.25, 0.3) is 12.0 Å². The molecule has 5 aromatic rings. The van der Waals surface area contributed by atoms with Crippen molar-refractivity contribution in [3.8, 4) is 34.1 Å². The summed E-state index contributed by atoms with van der Waals surface area (Å²) in [6.07, 6.45) is 5.01. The van der Waals surface area contributed by atoms with Crippen LogP contribution in [0.2, 0.25) is 0 Å². The summed E-state index contributed by atoms with van der Waals surface area (Å²) < 4.78 is 25.5. The number of nitrogens with two attached hydrogens (primary N) is 2. The molecule has 1 amide bonds. The number of aromatic nitrogens is 1. The van der Waals surface area contributed by atoms with E-state index in [-0.39, 0.29) is 24.6 Å². The minimum Gasteiger partial charge on any atom is -0.462 e. The molecule has 0 radical (unpaired) electrons. The number of nitrogens with zero attached hydrogens (tertiary/aromatic N) is 4. The van der Waals surface area contributed by atoms with Gasteiger partial charge in [0.05, 0.1) is 0 Å². The van der Waals surface area contributed by atoms with Crippen LogP contribution in [-0.2, 0) is 25.3 Å². The Kier molecular flexibility index (Phi) is 7.88. The largest absolute Gasteiger partial charge is 0.462 e. The highest BCUT2D eigenvalue weighted by Crippen LogP contribution is 2.53. The van der Waals surface area contributed by atoms with Crippen molar-refractivity contribution >= 4 is 62.2 Å². The number of carbonyl (C=O) groups is 1. The summed E-state index contributed by atoms with van der Waals surface area (Å²) in [4.78, 5) is 27.7. The van der Waals surface area contributed by atoms with Gasteiger partial charge in [0.15, 0.2) is 11.1 Å². The van der Waals surface area contributed by atoms with Crippen LogP contribution in [0.1, 0.15) is 35.1 Å². The molecule has 4 N–H and O–H groups in total. The van der Waals surface area contributed by atoms with E-state index in [1.165, 1.54) is 0 Å². The van der Waals surface area contributed by atoms with Crippen molar-refractivity contribution in [3.05, 3.63) is 128 Å². The van der Waals surface area contributed by atoms with Crippen molar-refractivity contribution in [2.45, 2.75) is 23.9 Å². The molecule has 0 unspecified atom stereocenters. The van der Waals surface area contributed by atoms with Crippen LogP contribution in [0.5, 0.6) is 23.0 Å². The molecule has 13 heteroatoms. The Morgan fingerprint density at radius 3 is 1.96 bits per heavy atom. The third kappa shape index (κ3) is 5.36. The van der Waals surface area contributed by atoms with Gasteiger partial charge in [0, 0.05) is 66.9 Å². The van der Waals surface area contributed by atoms with Crippen molar-refractivity contribution < 1.29 is 23.7 Å². The SMILES string of the molecule is NC1=N[C@@]2(CO1)c1cc(-c3cccnc3)ccc1Oc1ccc(N3CCCC3=O)cc12.NC1=N[C@]2(CO1)c1cc(Br)ccc1Oc1ccc(I)cc12. The van der Waals surface area contributed by atoms with Gasteiger partial charge in [-0.1, -0.05) is 28.1 Å². The first-order chi connectivity index (χ1) is 25.2. The lowest BCUT2D eigenvalue weighted by Crippen LogP contribution is -2.32. The summed E-state index contributed by atoms with van der Waals surface area (Å²) in [5, 5.41) is 0. The zero-order valence-electron chi connectivity index (χ0n) is 27.5. The molecule has 4 aromatic carbocycles. The topological polar surface area (TPSA) is 147 Å². The third-order valence-electron chi connectivity index (χ3n) is 9.89. The molecule has 2 spiro atoms. The number of halogens is 2. The van der Waals surface area contributed by atoms with Gasteiger partial charge in [-0.15, -0.1) is 0 Å². The molecule has 0 aliphatic carbocycles. The first kappa shape index (κ1) is 32.7. The number of anilines is 1. The van der Waals surface area contributed by atoms with Crippen LogP contribution in [0.15, 0.2) is 112 Å². The zero-order valence-corrected chi connectivity index (χ0v) is 31.3. The van der Waals surface area contributed by atoms with Crippen LogP contribution in [-0.4, -0.2) is 42.7 Å². The lowest BCUT2D eigenvalue weighted by atomic mass is 9.80. The highest BCUT2D eigenvalue weighted by molar-refractivity contribution is 14.1. The minimum atomic E-state index is -0.829. The number of amides is 1. The Balaban J connectivity index is 0.000000149. The maximum atomic E-state index is 12.3. The summed E-state index contributed by atoms with van der Waals surface area (Å²) >= 11 is 5.79. The summed E-state index contributed by atoms with van der Waals surface area (Å²) in [6, 6.07) is 28.1. The van der Waals surface area contributed by atoms with E-state index in [1.54, 1.807) is 6.20 Å². The fourth-order valence-corrected chi connectivity index (χ4v) is 8.30. The number of benzene rings is 4. The van der Waals surface area contributed by atoms with E-state index in [4.69, 9.17) is 35.4 Å². The smallest absolute Gasteiger partial charge is 0.283 e. The highest BCUT2D eigenvalue weighted by atomic mass is 127. The van der Waals surface area contributed by atoms with Gasteiger partial charge in [-0.05, 0) is 107 Å². The molecular formula is C39H30BrIN6O5. The molecule has 1 aromatic heterocycles. The lowest BCUT2D eigenvalue weighted by Gasteiger charge is -2.34. The number of rotatable bonds is 2. The summed E-state index contributed by atoms with van der Waals surface area (Å²) in [5.74, 6) is 3.13. The molecule has 2 atom stereocenters. The van der Waals surface area contributed by atoms with Crippen LogP contribution in [0, 0.1) is 3.57 Å². The molecule has 10 rings (SSSR count). The van der Waals surface area contributed by atoms with E-state index < -0.39 is 11.1 Å². The van der Waals surface area contributed by atoms with Gasteiger partial charge in [0.2, 0.25) is 5.91 Å². The second kappa shape index (κ2) is 12.5. The average molecular weight is 870 g/mol. The number of carbonyl (C=O) groups excluding carboxylic acids is 1. The second-order valence-corrected chi connectivity index (χ2v) is 15.1. The Morgan fingerprint density at radius 1 is 0.731 bits per heavy atom. The predicted molar refractivity (Wildman–Crippen MR) is 208 cm³/mol. The normalized spacial score (nSPS) is 21.7. The number of pyridine rings is 1. The van der Waals surface area contributed by atoms with Gasteiger partial charge in [-0.3, -0.25) is 9.78 Å². The van der Waals surface area contributed by atoms with E-state index in [2.05, 4.69) is 60.6 Å². The molecule has 1 fully saturated rings. The van der Waals surface area contributed by atoms with Crippen molar-refractivity contribution in [1.82, 2.24) is 4.98 Å². The number of hydrogen-bond acceptors (Lipinski definition) is 10. The van der Waals surface area contributed by atoms with Crippen LogP contribution in [0.3, 0.4) is 0 Å². The molecule has 11 nitrogen and oxygen atoms in total. The average Bonchev–Trinajstić information content (AvgIpc) is 3.88. The molecule has 52 heavy (non-hydrogen) atoms. The van der Waals surface area contributed by atoms with Gasteiger partial charge in [-0.2, -0.15) is 0 Å². The first-order valence-electron chi connectivity index (χ1n) is 16.6. The molecule has 0 bridgehead atoms. The van der Waals surface area contributed by atoms with Gasteiger partial charge < -0.3 is 35.3 Å². The summed E-state index contributed by atoms with van der Waals surface area (Å²) in [5.41, 5.74) is 16.9. The molecular weight excluding hydrogens is 839 g/mol. The number of ether oxygens (including phenoxy) is 4. The minimum absolute atomic E-state index is 0.135.